The maximum atomic E-state index is 12.3. The van der Waals surface area contributed by atoms with Gasteiger partial charge in [0.05, 0.1) is 6.04 Å². The van der Waals surface area contributed by atoms with Crippen molar-refractivity contribution in [2.75, 3.05) is 7.05 Å². The van der Waals surface area contributed by atoms with E-state index in [1.54, 1.807) is 0 Å². The third kappa shape index (κ3) is 3.51. The van der Waals surface area contributed by atoms with E-state index >= 15 is 0 Å². The summed E-state index contributed by atoms with van der Waals surface area (Å²) >= 11 is 0. The Kier molecular flexibility index (Phi) is 4.28. The summed E-state index contributed by atoms with van der Waals surface area (Å²) in [4.78, 5) is 12.3. The molecule has 0 aliphatic rings. The summed E-state index contributed by atoms with van der Waals surface area (Å²) < 4.78 is 2.25. The molecule has 0 radical (unpaired) electrons. The quantitative estimate of drug-likeness (QED) is 0.602. The molecule has 0 aromatic heterocycles. The fraction of sp³-hybridized carbons (Fsp3) is 0.500. The van der Waals surface area contributed by atoms with Gasteiger partial charge in [-0.2, -0.15) is 0 Å². The molecule has 0 N–H and O–H groups in total. The molecule has 1 rings (SSSR count). The van der Waals surface area contributed by atoms with Gasteiger partial charge in [0, 0.05) is 5.56 Å². The van der Waals surface area contributed by atoms with Crippen LogP contribution in [0.5, 0.6) is 0 Å². The van der Waals surface area contributed by atoms with Gasteiger partial charge in [-0.3, -0.25) is 4.79 Å². The van der Waals surface area contributed by atoms with Crippen LogP contribution in [0.3, 0.4) is 0 Å². The standard InChI is InChI=1S/C14H23NOSi/c1-11-7-9-13(10-8-11)14(16)12(2)15(3)17(4,5)6/h7-10,12H,1-6H3. The molecule has 3 heteroatoms. The number of benzene rings is 1. The Bertz CT molecular complexity index is 392. The van der Waals surface area contributed by atoms with Crippen LogP contribution in [-0.2, 0) is 0 Å². The van der Waals surface area contributed by atoms with Gasteiger partial charge in [0.15, 0.2) is 5.78 Å². The summed E-state index contributed by atoms with van der Waals surface area (Å²) in [5.74, 6) is 0.218. The van der Waals surface area contributed by atoms with Crippen molar-refractivity contribution in [2.24, 2.45) is 0 Å². The highest BCUT2D eigenvalue weighted by atomic mass is 28.3. The number of likely N-dealkylation sites (N-methyl/N-ethyl adjacent to an activating group) is 1. The molecule has 94 valence electrons. The number of hydrogen-bond donors (Lipinski definition) is 0. The number of Topliss-reactive ketones (excluding diaryl/α,β-unsaturated/α-hetero) is 1. The number of aryl methyl sites for hydroxylation is 1. The molecule has 17 heavy (non-hydrogen) atoms. The van der Waals surface area contributed by atoms with Crippen molar-refractivity contribution in [3.63, 3.8) is 0 Å². The van der Waals surface area contributed by atoms with Crippen molar-refractivity contribution < 1.29 is 4.79 Å². The summed E-state index contributed by atoms with van der Waals surface area (Å²) in [5, 5.41) is 0. The van der Waals surface area contributed by atoms with E-state index in [1.807, 2.05) is 38.1 Å². The van der Waals surface area contributed by atoms with Gasteiger partial charge in [-0.05, 0) is 20.9 Å². The second-order valence-corrected chi connectivity index (χ2v) is 10.7. The summed E-state index contributed by atoms with van der Waals surface area (Å²) in [5.41, 5.74) is 2.00. The Labute approximate surface area is 106 Å². The first-order chi connectivity index (χ1) is 7.73. The molecule has 1 aromatic carbocycles. The molecule has 1 atom stereocenters. The number of hydrogen-bond acceptors (Lipinski definition) is 2. The lowest BCUT2D eigenvalue weighted by molar-refractivity contribution is 0.0915. The number of ketones is 1. The molecule has 1 unspecified atom stereocenters. The van der Waals surface area contributed by atoms with E-state index < -0.39 is 8.24 Å². The summed E-state index contributed by atoms with van der Waals surface area (Å²) in [6, 6.07) is 7.80. The number of carbonyl (C=O) groups excluding carboxylic acids is 1. The first kappa shape index (κ1) is 14.1. The summed E-state index contributed by atoms with van der Waals surface area (Å²) in [7, 11) is 0.641. The molecule has 0 bridgehead atoms. The number of carbonyl (C=O) groups is 1. The van der Waals surface area contributed by atoms with Gasteiger partial charge in [-0.1, -0.05) is 49.5 Å². The van der Waals surface area contributed by atoms with Gasteiger partial charge < -0.3 is 4.57 Å². The van der Waals surface area contributed by atoms with Crippen molar-refractivity contribution in [3.8, 4) is 0 Å². The average Bonchev–Trinajstić information content (AvgIpc) is 2.26. The van der Waals surface area contributed by atoms with Crippen LogP contribution in [0.2, 0.25) is 19.6 Å². The SMILES string of the molecule is Cc1ccc(C(=O)C(C)N(C)[Si](C)(C)C)cc1. The van der Waals surface area contributed by atoms with Crippen LogP contribution in [-0.4, -0.2) is 31.7 Å². The zero-order valence-corrected chi connectivity index (χ0v) is 12.7. The fourth-order valence-electron chi connectivity index (χ4n) is 1.72. The molecule has 2 nitrogen and oxygen atoms in total. The second kappa shape index (κ2) is 5.15. The van der Waals surface area contributed by atoms with E-state index in [9.17, 15) is 4.79 Å². The molecule has 0 amide bonds. The maximum Gasteiger partial charge on any atom is 0.179 e. The Morgan fingerprint density at radius 2 is 1.65 bits per heavy atom. The third-order valence-electron chi connectivity index (χ3n) is 3.35. The molecule has 0 spiro atoms. The van der Waals surface area contributed by atoms with E-state index in [1.165, 1.54) is 5.56 Å². The Balaban J connectivity index is 2.87. The molecular formula is C14H23NOSi. The average molecular weight is 249 g/mol. The van der Waals surface area contributed by atoms with Crippen molar-refractivity contribution in [1.29, 1.82) is 0 Å². The monoisotopic (exact) mass is 249 g/mol. The second-order valence-electron chi connectivity index (χ2n) is 5.69. The van der Waals surface area contributed by atoms with Gasteiger partial charge in [0.25, 0.3) is 0 Å². The molecule has 0 fully saturated rings. The highest BCUT2D eigenvalue weighted by Gasteiger charge is 2.28. The third-order valence-corrected chi connectivity index (χ3v) is 5.86. The van der Waals surface area contributed by atoms with Crippen LogP contribution in [0.25, 0.3) is 0 Å². The van der Waals surface area contributed by atoms with Gasteiger partial charge in [-0.15, -0.1) is 0 Å². The molecule has 0 saturated heterocycles. The lowest BCUT2D eigenvalue weighted by atomic mass is 10.0. The van der Waals surface area contributed by atoms with Gasteiger partial charge >= 0.3 is 0 Å². The smallest absolute Gasteiger partial charge is 0.179 e. The van der Waals surface area contributed by atoms with E-state index in [-0.39, 0.29) is 11.8 Å². The van der Waals surface area contributed by atoms with E-state index in [0.29, 0.717) is 0 Å². The van der Waals surface area contributed by atoms with Gasteiger partial charge in [0.1, 0.15) is 8.24 Å². The summed E-state index contributed by atoms with van der Waals surface area (Å²) in [6.07, 6.45) is 0. The fourth-order valence-corrected chi connectivity index (χ4v) is 3.00. The molecule has 0 saturated carbocycles. The minimum absolute atomic E-state index is 0.0376. The molecular weight excluding hydrogens is 226 g/mol. The largest absolute Gasteiger partial charge is 0.318 e. The Morgan fingerprint density at radius 3 is 2.06 bits per heavy atom. The molecule has 1 aromatic rings. The maximum absolute atomic E-state index is 12.3. The normalized spacial score (nSPS) is 13.8. The minimum atomic E-state index is -1.42. The van der Waals surface area contributed by atoms with Crippen molar-refractivity contribution in [3.05, 3.63) is 35.4 Å². The predicted octanol–water partition coefficient (Wildman–Crippen LogP) is 3.33. The zero-order valence-electron chi connectivity index (χ0n) is 11.7. The van der Waals surface area contributed by atoms with Crippen LogP contribution in [0.4, 0.5) is 0 Å². The lowest BCUT2D eigenvalue weighted by Crippen LogP contribution is -2.51. The van der Waals surface area contributed by atoms with E-state index in [0.717, 1.165) is 5.56 Å². The lowest BCUT2D eigenvalue weighted by Gasteiger charge is -2.34. The summed E-state index contributed by atoms with van der Waals surface area (Å²) in [6.45, 7) is 10.8. The van der Waals surface area contributed by atoms with Crippen molar-refractivity contribution >= 4 is 14.0 Å². The number of nitrogens with zero attached hydrogens (tertiary/aromatic N) is 1. The topological polar surface area (TPSA) is 20.3 Å². The zero-order chi connectivity index (χ0) is 13.2. The highest BCUT2D eigenvalue weighted by molar-refractivity contribution is 6.73. The van der Waals surface area contributed by atoms with Crippen LogP contribution >= 0.6 is 0 Å². The highest BCUT2D eigenvalue weighted by Crippen LogP contribution is 2.15. The van der Waals surface area contributed by atoms with Gasteiger partial charge in [-0.25, -0.2) is 0 Å². The Hall–Kier alpha value is -0.933. The van der Waals surface area contributed by atoms with Crippen LogP contribution < -0.4 is 0 Å². The van der Waals surface area contributed by atoms with Gasteiger partial charge in [0.2, 0.25) is 0 Å². The first-order valence-corrected chi connectivity index (χ1v) is 9.52. The molecule has 0 heterocycles. The first-order valence-electron chi connectivity index (χ1n) is 6.07. The predicted molar refractivity (Wildman–Crippen MR) is 76.1 cm³/mol. The van der Waals surface area contributed by atoms with Crippen LogP contribution in [0, 0.1) is 6.92 Å². The minimum Gasteiger partial charge on any atom is -0.318 e. The van der Waals surface area contributed by atoms with Crippen molar-refractivity contribution in [2.45, 2.75) is 39.5 Å². The van der Waals surface area contributed by atoms with Crippen molar-refractivity contribution in [1.82, 2.24) is 4.57 Å². The van der Waals surface area contributed by atoms with E-state index in [4.69, 9.17) is 0 Å². The van der Waals surface area contributed by atoms with Crippen LogP contribution in [0.1, 0.15) is 22.8 Å². The number of rotatable bonds is 4. The Morgan fingerprint density at radius 1 is 1.18 bits per heavy atom. The van der Waals surface area contributed by atoms with Crippen LogP contribution in [0.15, 0.2) is 24.3 Å². The molecule has 0 aliphatic carbocycles. The van der Waals surface area contributed by atoms with E-state index in [2.05, 4.69) is 31.3 Å². The molecule has 0 aliphatic heterocycles.